The van der Waals surface area contributed by atoms with E-state index in [0.29, 0.717) is 16.7 Å². The highest BCUT2D eigenvalue weighted by atomic mass is 35.5. The van der Waals surface area contributed by atoms with Crippen molar-refractivity contribution in [1.29, 1.82) is 0 Å². The first-order valence-electron chi connectivity index (χ1n) is 8.40. The maximum absolute atomic E-state index is 12.5. The summed E-state index contributed by atoms with van der Waals surface area (Å²) in [4.78, 5) is 16.9. The van der Waals surface area contributed by atoms with E-state index < -0.39 is 0 Å². The summed E-state index contributed by atoms with van der Waals surface area (Å²) in [6.45, 7) is 6.23. The van der Waals surface area contributed by atoms with Gasteiger partial charge in [-0.15, -0.1) is 0 Å². The summed E-state index contributed by atoms with van der Waals surface area (Å²) in [5.74, 6) is 1.08. The molecule has 5 nitrogen and oxygen atoms in total. The fraction of sp³-hybridized carbons (Fsp3) is 0.250. The second-order valence-corrected chi connectivity index (χ2v) is 7.49. The Balaban J connectivity index is 1.90. The quantitative estimate of drug-likeness (QED) is 0.742. The maximum atomic E-state index is 12.5. The Hall–Kier alpha value is -2.66. The van der Waals surface area contributed by atoms with Gasteiger partial charge in [0.15, 0.2) is 5.82 Å². The van der Waals surface area contributed by atoms with Crippen molar-refractivity contribution >= 4 is 23.3 Å². The van der Waals surface area contributed by atoms with Crippen molar-refractivity contribution in [3.05, 3.63) is 71.0 Å². The van der Waals surface area contributed by atoms with Crippen LogP contribution >= 0.6 is 11.6 Å². The number of nitrogens with zero attached hydrogens (tertiary/aromatic N) is 3. The summed E-state index contributed by atoms with van der Waals surface area (Å²) in [6.07, 6.45) is 1.89. The number of aromatic nitrogens is 3. The van der Waals surface area contributed by atoms with Crippen LogP contribution in [0.25, 0.3) is 5.82 Å². The first kappa shape index (κ1) is 18.1. The minimum Gasteiger partial charge on any atom is -0.310 e. The molecule has 3 rings (SSSR count). The smallest absolute Gasteiger partial charge is 0.230 e. The fourth-order valence-electron chi connectivity index (χ4n) is 2.49. The monoisotopic (exact) mass is 368 g/mol. The molecule has 0 atom stereocenters. The van der Waals surface area contributed by atoms with Gasteiger partial charge in [0.2, 0.25) is 5.91 Å². The number of benzene rings is 1. The number of anilines is 1. The number of halogens is 1. The molecule has 0 aliphatic heterocycles. The number of rotatable bonds is 4. The van der Waals surface area contributed by atoms with Crippen LogP contribution in [0.4, 0.5) is 5.82 Å². The maximum Gasteiger partial charge on any atom is 0.230 e. The highest BCUT2D eigenvalue weighted by Gasteiger charge is 2.22. The topological polar surface area (TPSA) is 59.8 Å². The van der Waals surface area contributed by atoms with E-state index >= 15 is 0 Å². The van der Waals surface area contributed by atoms with E-state index in [2.05, 4.69) is 36.2 Å². The lowest BCUT2D eigenvalue weighted by atomic mass is 9.92. The Morgan fingerprint density at radius 3 is 2.54 bits per heavy atom. The Labute approximate surface area is 158 Å². The van der Waals surface area contributed by atoms with Crippen LogP contribution in [-0.4, -0.2) is 20.7 Å². The number of hydrogen-bond acceptors (Lipinski definition) is 3. The van der Waals surface area contributed by atoms with Gasteiger partial charge in [0.25, 0.3) is 0 Å². The molecule has 1 amide bonds. The zero-order valence-corrected chi connectivity index (χ0v) is 15.8. The van der Waals surface area contributed by atoms with E-state index in [9.17, 15) is 4.79 Å². The molecule has 1 N–H and O–H groups in total. The summed E-state index contributed by atoms with van der Waals surface area (Å²) >= 11 is 6.15. The molecule has 2 heterocycles. The molecule has 2 aromatic heterocycles. The predicted octanol–water partition coefficient (Wildman–Crippen LogP) is 4.40. The van der Waals surface area contributed by atoms with Gasteiger partial charge in [0, 0.05) is 22.7 Å². The zero-order valence-electron chi connectivity index (χ0n) is 15.0. The SMILES string of the molecule is CC(C)(C)c1cc(NC(=O)Cc2ccccc2Cl)n(-c2ccccn2)n1. The van der Waals surface area contributed by atoms with Crippen molar-refractivity contribution in [2.45, 2.75) is 32.6 Å². The second kappa shape index (κ2) is 7.30. The van der Waals surface area contributed by atoms with Gasteiger partial charge in [-0.3, -0.25) is 4.79 Å². The molecular formula is C20H21ClN4O. The molecule has 0 bridgehead atoms. The standard InChI is InChI=1S/C20H21ClN4O/c1-20(2,3)16-13-18(25(24-16)17-10-6-7-11-22-17)23-19(26)12-14-8-4-5-9-15(14)21/h4-11,13H,12H2,1-3H3,(H,23,26). The van der Waals surface area contributed by atoms with Crippen molar-refractivity contribution in [3.8, 4) is 5.82 Å². The molecule has 0 fully saturated rings. The van der Waals surface area contributed by atoms with E-state index in [1.165, 1.54) is 0 Å². The molecule has 0 aliphatic carbocycles. The van der Waals surface area contributed by atoms with Crippen LogP contribution in [0.3, 0.4) is 0 Å². The van der Waals surface area contributed by atoms with E-state index in [0.717, 1.165) is 11.3 Å². The Morgan fingerprint density at radius 1 is 1.15 bits per heavy atom. The van der Waals surface area contributed by atoms with Crippen molar-refractivity contribution in [2.24, 2.45) is 0 Å². The molecule has 1 aromatic carbocycles. The third-order valence-electron chi connectivity index (χ3n) is 3.92. The van der Waals surface area contributed by atoms with Gasteiger partial charge in [0.05, 0.1) is 12.1 Å². The molecule has 0 aliphatic rings. The summed E-state index contributed by atoms with van der Waals surface area (Å²) in [6, 6.07) is 14.8. The molecule has 26 heavy (non-hydrogen) atoms. The Kier molecular flexibility index (Phi) is 5.09. The van der Waals surface area contributed by atoms with E-state index in [1.807, 2.05) is 42.5 Å². The lowest BCUT2D eigenvalue weighted by Gasteiger charge is -2.13. The van der Waals surface area contributed by atoms with Crippen LogP contribution in [0.15, 0.2) is 54.7 Å². The molecule has 0 radical (unpaired) electrons. The van der Waals surface area contributed by atoms with E-state index in [1.54, 1.807) is 16.9 Å². The largest absolute Gasteiger partial charge is 0.310 e. The Morgan fingerprint density at radius 2 is 1.88 bits per heavy atom. The highest BCUT2D eigenvalue weighted by molar-refractivity contribution is 6.31. The van der Waals surface area contributed by atoms with E-state index in [-0.39, 0.29) is 17.7 Å². The van der Waals surface area contributed by atoms with Crippen LogP contribution in [-0.2, 0) is 16.6 Å². The molecule has 0 saturated carbocycles. The normalized spacial score (nSPS) is 11.4. The molecule has 0 unspecified atom stereocenters. The number of amides is 1. The summed E-state index contributed by atoms with van der Waals surface area (Å²) in [5, 5.41) is 8.16. The van der Waals surface area contributed by atoms with Crippen LogP contribution in [0.1, 0.15) is 32.0 Å². The van der Waals surface area contributed by atoms with Gasteiger partial charge in [-0.1, -0.05) is 56.6 Å². The molecular weight excluding hydrogens is 348 g/mol. The second-order valence-electron chi connectivity index (χ2n) is 7.08. The van der Waals surface area contributed by atoms with Crippen molar-refractivity contribution < 1.29 is 4.79 Å². The van der Waals surface area contributed by atoms with E-state index in [4.69, 9.17) is 11.6 Å². The summed E-state index contributed by atoms with van der Waals surface area (Å²) in [7, 11) is 0. The lowest BCUT2D eigenvalue weighted by Crippen LogP contribution is -2.17. The van der Waals surface area contributed by atoms with Gasteiger partial charge >= 0.3 is 0 Å². The number of pyridine rings is 1. The fourth-order valence-corrected chi connectivity index (χ4v) is 2.69. The van der Waals surface area contributed by atoms with Crippen LogP contribution in [0.5, 0.6) is 0 Å². The number of nitrogens with one attached hydrogen (secondary N) is 1. The van der Waals surface area contributed by atoms with Crippen molar-refractivity contribution in [3.63, 3.8) is 0 Å². The minimum absolute atomic E-state index is 0.151. The molecule has 0 saturated heterocycles. The van der Waals surface area contributed by atoms with Gasteiger partial charge in [-0.05, 0) is 23.8 Å². The van der Waals surface area contributed by atoms with Crippen LogP contribution < -0.4 is 5.32 Å². The molecule has 0 spiro atoms. The van der Waals surface area contributed by atoms with Crippen molar-refractivity contribution in [2.75, 3.05) is 5.32 Å². The zero-order chi connectivity index (χ0) is 18.7. The predicted molar refractivity (Wildman–Crippen MR) is 104 cm³/mol. The summed E-state index contributed by atoms with van der Waals surface area (Å²) < 4.78 is 1.66. The van der Waals surface area contributed by atoms with Gasteiger partial charge in [-0.2, -0.15) is 9.78 Å². The number of carbonyl (C=O) groups excluding carboxylic acids is 1. The van der Waals surface area contributed by atoms with Crippen LogP contribution in [0.2, 0.25) is 5.02 Å². The van der Waals surface area contributed by atoms with Crippen molar-refractivity contribution in [1.82, 2.24) is 14.8 Å². The highest BCUT2D eigenvalue weighted by Crippen LogP contribution is 2.26. The molecule has 3 aromatic rings. The Bertz CT molecular complexity index is 913. The molecule has 6 heteroatoms. The number of carbonyl (C=O) groups is 1. The summed E-state index contributed by atoms with van der Waals surface area (Å²) in [5.41, 5.74) is 1.50. The first-order valence-corrected chi connectivity index (χ1v) is 8.77. The van der Waals surface area contributed by atoms with Gasteiger partial charge < -0.3 is 5.32 Å². The molecule has 134 valence electrons. The average Bonchev–Trinajstić information content (AvgIpc) is 3.02. The minimum atomic E-state index is -0.157. The third-order valence-corrected chi connectivity index (χ3v) is 4.29. The average molecular weight is 369 g/mol. The number of hydrogen-bond donors (Lipinski definition) is 1. The van der Waals surface area contributed by atoms with Crippen LogP contribution in [0, 0.1) is 0 Å². The lowest BCUT2D eigenvalue weighted by molar-refractivity contribution is -0.115. The first-order chi connectivity index (χ1) is 12.3. The third kappa shape index (κ3) is 4.11. The van der Waals surface area contributed by atoms with Gasteiger partial charge in [-0.25, -0.2) is 4.98 Å². The van der Waals surface area contributed by atoms with Gasteiger partial charge in [0.1, 0.15) is 5.82 Å².